The summed E-state index contributed by atoms with van der Waals surface area (Å²) in [5, 5.41) is 12.3. The third-order valence-corrected chi connectivity index (χ3v) is 4.16. The van der Waals surface area contributed by atoms with Gasteiger partial charge in [0.25, 0.3) is 5.91 Å². The number of halogens is 2. The molecule has 0 saturated carbocycles. The first-order valence-electron chi connectivity index (χ1n) is 7.61. The maximum absolute atomic E-state index is 12.3. The minimum Gasteiger partial charge on any atom is -0.482 e. The van der Waals surface area contributed by atoms with Crippen LogP contribution in [0.4, 0.5) is 5.69 Å². The van der Waals surface area contributed by atoms with Gasteiger partial charge in [-0.2, -0.15) is 5.26 Å². The zero-order chi connectivity index (χ0) is 19.8. The lowest BCUT2D eigenvalue weighted by atomic mass is 10.1. The maximum atomic E-state index is 12.3. The van der Waals surface area contributed by atoms with Gasteiger partial charge in [0.15, 0.2) is 6.61 Å². The summed E-state index contributed by atoms with van der Waals surface area (Å²) >= 11 is 11.9. The molecule has 0 unspecified atom stereocenters. The fourth-order valence-electron chi connectivity index (χ4n) is 1.97. The molecule has 138 valence electrons. The van der Waals surface area contributed by atoms with Crippen LogP contribution in [0, 0.1) is 11.3 Å². The molecular formula is C19H14Cl2N2O4. The van der Waals surface area contributed by atoms with E-state index in [0.29, 0.717) is 22.0 Å². The average molecular weight is 405 g/mol. The van der Waals surface area contributed by atoms with Gasteiger partial charge in [-0.15, -0.1) is 0 Å². The van der Waals surface area contributed by atoms with E-state index < -0.39 is 11.9 Å². The fourth-order valence-corrected chi connectivity index (χ4v) is 2.31. The molecule has 0 aliphatic heterocycles. The van der Waals surface area contributed by atoms with Crippen LogP contribution in [0.25, 0.3) is 6.08 Å². The van der Waals surface area contributed by atoms with E-state index in [1.54, 1.807) is 42.5 Å². The number of amides is 1. The van der Waals surface area contributed by atoms with Crippen molar-refractivity contribution in [1.29, 1.82) is 5.26 Å². The second kappa shape index (κ2) is 9.62. The number of carbonyl (C=O) groups is 2. The van der Waals surface area contributed by atoms with Gasteiger partial charge in [-0.25, -0.2) is 4.79 Å². The van der Waals surface area contributed by atoms with E-state index in [-0.39, 0.29) is 17.2 Å². The second-order valence-corrected chi connectivity index (χ2v) is 5.94. The topological polar surface area (TPSA) is 88.4 Å². The number of ether oxygens (including phenoxy) is 2. The van der Waals surface area contributed by atoms with Crippen LogP contribution in [0.5, 0.6) is 5.75 Å². The van der Waals surface area contributed by atoms with Crippen LogP contribution >= 0.6 is 23.2 Å². The smallest absolute Gasteiger partial charge is 0.343 e. The number of methoxy groups -OCH3 is 1. The first-order chi connectivity index (χ1) is 12.9. The van der Waals surface area contributed by atoms with Gasteiger partial charge in [0.2, 0.25) is 0 Å². The quantitative estimate of drug-likeness (QED) is 0.444. The molecule has 0 bridgehead atoms. The number of hydrogen-bond acceptors (Lipinski definition) is 5. The van der Waals surface area contributed by atoms with Gasteiger partial charge in [-0.1, -0.05) is 41.4 Å². The maximum Gasteiger partial charge on any atom is 0.343 e. The highest BCUT2D eigenvalue weighted by Crippen LogP contribution is 2.29. The van der Waals surface area contributed by atoms with Crippen LogP contribution in [0.15, 0.2) is 48.0 Å². The largest absolute Gasteiger partial charge is 0.482 e. The van der Waals surface area contributed by atoms with Gasteiger partial charge in [0.1, 0.15) is 17.4 Å². The van der Waals surface area contributed by atoms with E-state index in [0.717, 1.165) is 0 Å². The van der Waals surface area contributed by atoms with E-state index in [4.69, 9.17) is 27.9 Å². The third-order valence-electron chi connectivity index (χ3n) is 3.34. The average Bonchev–Trinajstić information content (AvgIpc) is 2.68. The number of hydrogen-bond donors (Lipinski definition) is 1. The summed E-state index contributed by atoms with van der Waals surface area (Å²) in [7, 11) is 1.27. The lowest BCUT2D eigenvalue weighted by molar-refractivity contribution is -0.142. The molecule has 0 fully saturated rings. The summed E-state index contributed by atoms with van der Waals surface area (Å²) in [5.74, 6) is -0.666. The highest BCUT2D eigenvalue weighted by atomic mass is 35.5. The zero-order valence-corrected chi connectivity index (χ0v) is 15.7. The zero-order valence-electron chi connectivity index (χ0n) is 14.2. The van der Waals surface area contributed by atoms with Crippen molar-refractivity contribution < 1.29 is 19.1 Å². The Morgan fingerprint density at radius 3 is 2.52 bits per heavy atom. The van der Waals surface area contributed by atoms with Crippen LogP contribution in [-0.4, -0.2) is 25.6 Å². The van der Waals surface area contributed by atoms with Gasteiger partial charge in [0, 0.05) is 0 Å². The van der Waals surface area contributed by atoms with Crippen molar-refractivity contribution in [1.82, 2.24) is 0 Å². The summed E-state index contributed by atoms with van der Waals surface area (Å²) in [6.45, 7) is -0.210. The number of esters is 1. The Bertz CT molecular complexity index is 918. The number of nitrogens with one attached hydrogen (secondary N) is 1. The first-order valence-corrected chi connectivity index (χ1v) is 8.37. The van der Waals surface area contributed by atoms with Crippen molar-refractivity contribution in [3.05, 3.63) is 63.6 Å². The first kappa shape index (κ1) is 20.3. The van der Waals surface area contributed by atoms with E-state index in [2.05, 4.69) is 10.1 Å². The van der Waals surface area contributed by atoms with E-state index in [1.807, 2.05) is 6.07 Å². The molecule has 0 aliphatic rings. The predicted molar refractivity (Wildman–Crippen MR) is 103 cm³/mol. The SMILES string of the molecule is COC(=O)COc1ccc(/C=C(/C#N)C(=O)Nc2cccc(Cl)c2Cl)cc1. The number of rotatable bonds is 6. The van der Waals surface area contributed by atoms with Crippen molar-refractivity contribution in [3.63, 3.8) is 0 Å². The molecule has 1 amide bonds. The van der Waals surface area contributed by atoms with Crippen molar-refractivity contribution in [2.75, 3.05) is 19.0 Å². The Balaban J connectivity index is 2.11. The summed E-state index contributed by atoms with van der Waals surface area (Å²) < 4.78 is 9.71. The van der Waals surface area contributed by atoms with E-state index in [1.165, 1.54) is 13.2 Å². The Hall–Kier alpha value is -3.01. The van der Waals surface area contributed by atoms with Crippen molar-refractivity contribution >= 4 is 46.8 Å². The van der Waals surface area contributed by atoms with Gasteiger partial charge in [-0.3, -0.25) is 4.79 Å². The highest BCUT2D eigenvalue weighted by Gasteiger charge is 2.13. The number of benzene rings is 2. The van der Waals surface area contributed by atoms with Crippen LogP contribution < -0.4 is 10.1 Å². The predicted octanol–water partition coefficient (Wildman–Crippen LogP) is 4.09. The lowest BCUT2D eigenvalue weighted by Crippen LogP contribution is -2.13. The van der Waals surface area contributed by atoms with Gasteiger partial charge in [-0.05, 0) is 35.9 Å². The Morgan fingerprint density at radius 2 is 1.89 bits per heavy atom. The standard InChI is InChI=1S/C19H14Cl2N2O4/c1-26-17(24)11-27-14-7-5-12(6-8-14)9-13(10-22)19(25)23-16-4-2-3-15(20)18(16)21/h2-9H,11H2,1H3,(H,23,25)/b13-9-. The van der Waals surface area contributed by atoms with Crippen molar-refractivity contribution in [2.24, 2.45) is 0 Å². The van der Waals surface area contributed by atoms with Crippen LogP contribution in [0.1, 0.15) is 5.56 Å². The van der Waals surface area contributed by atoms with Crippen LogP contribution in [0.2, 0.25) is 10.0 Å². The summed E-state index contributed by atoms with van der Waals surface area (Å²) in [5.41, 5.74) is 0.792. The molecule has 0 aliphatic carbocycles. The van der Waals surface area contributed by atoms with E-state index >= 15 is 0 Å². The summed E-state index contributed by atoms with van der Waals surface area (Å²) in [4.78, 5) is 23.4. The minimum atomic E-state index is -0.618. The molecule has 2 aromatic rings. The highest BCUT2D eigenvalue weighted by molar-refractivity contribution is 6.44. The molecule has 2 rings (SSSR count). The third kappa shape index (κ3) is 5.74. The molecule has 6 nitrogen and oxygen atoms in total. The van der Waals surface area contributed by atoms with Crippen LogP contribution in [-0.2, 0) is 14.3 Å². The Morgan fingerprint density at radius 1 is 1.19 bits per heavy atom. The van der Waals surface area contributed by atoms with Crippen LogP contribution in [0.3, 0.4) is 0 Å². The normalized spacial score (nSPS) is 10.7. The molecule has 8 heteroatoms. The van der Waals surface area contributed by atoms with Gasteiger partial charge < -0.3 is 14.8 Å². The molecule has 0 aromatic heterocycles. The number of carbonyl (C=O) groups excluding carboxylic acids is 2. The molecular weight excluding hydrogens is 391 g/mol. The lowest BCUT2D eigenvalue weighted by Gasteiger charge is -2.08. The van der Waals surface area contributed by atoms with Crippen molar-refractivity contribution in [3.8, 4) is 11.8 Å². The fraction of sp³-hybridized carbons (Fsp3) is 0.105. The molecule has 0 heterocycles. The Labute approximate surface area is 165 Å². The molecule has 2 aromatic carbocycles. The van der Waals surface area contributed by atoms with Gasteiger partial charge >= 0.3 is 5.97 Å². The molecule has 0 spiro atoms. The summed E-state index contributed by atoms with van der Waals surface area (Å²) in [6, 6.07) is 13.1. The molecule has 0 saturated heterocycles. The minimum absolute atomic E-state index is 0.116. The number of anilines is 1. The summed E-state index contributed by atoms with van der Waals surface area (Å²) in [6.07, 6.45) is 1.41. The number of nitriles is 1. The molecule has 0 atom stereocenters. The molecule has 27 heavy (non-hydrogen) atoms. The molecule has 0 radical (unpaired) electrons. The monoisotopic (exact) mass is 404 g/mol. The molecule has 1 N–H and O–H groups in total. The van der Waals surface area contributed by atoms with E-state index in [9.17, 15) is 14.9 Å². The number of nitrogens with zero attached hydrogens (tertiary/aromatic N) is 1. The van der Waals surface area contributed by atoms with Crippen molar-refractivity contribution in [2.45, 2.75) is 0 Å². The van der Waals surface area contributed by atoms with Gasteiger partial charge in [0.05, 0.1) is 22.8 Å². The Kier molecular flexibility index (Phi) is 7.24. The second-order valence-electron chi connectivity index (χ2n) is 5.16.